The van der Waals surface area contributed by atoms with E-state index in [1.807, 2.05) is 13.8 Å². The van der Waals surface area contributed by atoms with Crippen molar-refractivity contribution in [2.45, 2.75) is 97.1 Å². The zero-order chi connectivity index (χ0) is 24.2. The summed E-state index contributed by atoms with van der Waals surface area (Å²) in [7, 11) is 0. The molecule has 2 heterocycles. The Bertz CT molecular complexity index is 826. The van der Waals surface area contributed by atoms with E-state index in [1.165, 1.54) is 19.3 Å². The van der Waals surface area contributed by atoms with Crippen LogP contribution >= 0.6 is 0 Å². The number of carbonyl (C=O) groups is 3. The molecule has 2 bridgehead atoms. The van der Waals surface area contributed by atoms with E-state index in [-0.39, 0.29) is 11.9 Å². The van der Waals surface area contributed by atoms with Crippen LogP contribution in [0.1, 0.15) is 79.1 Å². The summed E-state index contributed by atoms with van der Waals surface area (Å²) in [5.41, 5.74) is -0.432. The second-order valence-electron chi connectivity index (χ2n) is 11.5. The van der Waals surface area contributed by atoms with Crippen LogP contribution in [0.5, 0.6) is 0 Å². The zero-order valence-electron chi connectivity index (χ0n) is 21.0. The molecule has 34 heavy (non-hydrogen) atoms. The fraction of sp³-hybridized carbons (Fsp3) is 0.889. The fourth-order valence-electron chi connectivity index (χ4n) is 8.32. The number of carbonyl (C=O) groups excluding carboxylic acids is 3. The van der Waals surface area contributed by atoms with Gasteiger partial charge in [-0.15, -0.1) is 0 Å². The maximum Gasteiger partial charge on any atom is 0.320 e. The quantitative estimate of drug-likeness (QED) is 0.401. The zero-order valence-corrected chi connectivity index (χ0v) is 21.0. The SMILES string of the molecule is CCOC1CCC(C)C(C2C(=O)OC(=O)C2C(C)C(=O)OC2(CC)CC3CC2C2CCCC32)O1. The normalized spacial score (nSPS) is 46.4. The molecule has 0 aromatic rings. The van der Waals surface area contributed by atoms with Gasteiger partial charge in [-0.05, 0) is 75.5 Å². The highest BCUT2D eigenvalue weighted by Gasteiger charge is 2.63. The molecule has 0 aromatic heterocycles. The Morgan fingerprint density at radius 1 is 1.12 bits per heavy atom. The molecule has 5 rings (SSSR count). The molecule has 2 aliphatic heterocycles. The second kappa shape index (κ2) is 9.20. The predicted octanol–water partition coefficient (Wildman–Crippen LogP) is 4.26. The van der Waals surface area contributed by atoms with Gasteiger partial charge in [0, 0.05) is 12.5 Å². The van der Waals surface area contributed by atoms with Crippen LogP contribution in [0.2, 0.25) is 0 Å². The van der Waals surface area contributed by atoms with Gasteiger partial charge in [0.25, 0.3) is 0 Å². The van der Waals surface area contributed by atoms with Crippen LogP contribution in [0.25, 0.3) is 0 Å². The van der Waals surface area contributed by atoms with Crippen molar-refractivity contribution in [3.8, 4) is 0 Å². The molecule has 0 amide bonds. The van der Waals surface area contributed by atoms with Gasteiger partial charge in [0.15, 0.2) is 6.29 Å². The number of fused-ring (bicyclic) bond motifs is 5. The van der Waals surface area contributed by atoms with Crippen LogP contribution in [0.4, 0.5) is 0 Å². The van der Waals surface area contributed by atoms with Gasteiger partial charge in [0.2, 0.25) is 0 Å². The van der Waals surface area contributed by atoms with Crippen molar-refractivity contribution < 1.29 is 33.3 Å². The van der Waals surface area contributed by atoms with Gasteiger partial charge in [-0.25, -0.2) is 0 Å². The molecule has 11 unspecified atom stereocenters. The van der Waals surface area contributed by atoms with E-state index in [9.17, 15) is 14.4 Å². The topological polar surface area (TPSA) is 88.1 Å². The van der Waals surface area contributed by atoms with Crippen molar-refractivity contribution in [2.75, 3.05) is 6.61 Å². The highest BCUT2D eigenvalue weighted by molar-refractivity contribution is 5.99. The lowest BCUT2D eigenvalue weighted by atomic mass is 9.71. The van der Waals surface area contributed by atoms with E-state index >= 15 is 0 Å². The van der Waals surface area contributed by atoms with Gasteiger partial charge in [0.05, 0.1) is 23.9 Å². The molecule has 190 valence electrons. The lowest BCUT2D eigenvalue weighted by Gasteiger charge is -2.43. The molecule has 11 atom stereocenters. The third-order valence-corrected chi connectivity index (χ3v) is 9.97. The van der Waals surface area contributed by atoms with E-state index in [4.69, 9.17) is 18.9 Å². The maximum absolute atomic E-state index is 13.5. The third-order valence-electron chi connectivity index (χ3n) is 9.97. The summed E-state index contributed by atoms with van der Waals surface area (Å²) in [5, 5.41) is 0. The molecule has 3 saturated carbocycles. The first-order chi connectivity index (χ1) is 16.3. The highest BCUT2D eigenvalue weighted by Crippen LogP contribution is 2.64. The fourth-order valence-corrected chi connectivity index (χ4v) is 8.32. The van der Waals surface area contributed by atoms with Crippen molar-refractivity contribution in [1.82, 2.24) is 0 Å². The van der Waals surface area contributed by atoms with E-state index in [0.717, 1.165) is 38.0 Å². The Kier molecular flexibility index (Phi) is 6.56. The Morgan fingerprint density at radius 2 is 1.88 bits per heavy atom. The van der Waals surface area contributed by atoms with Gasteiger partial charge in [-0.3, -0.25) is 14.4 Å². The summed E-state index contributed by atoms with van der Waals surface area (Å²) < 4.78 is 23.2. The summed E-state index contributed by atoms with van der Waals surface area (Å²) in [6.45, 7) is 8.25. The Hall–Kier alpha value is -1.47. The largest absolute Gasteiger partial charge is 0.459 e. The van der Waals surface area contributed by atoms with Crippen LogP contribution < -0.4 is 0 Å². The molecule has 7 heteroatoms. The van der Waals surface area contributed by atoms with Crippen molar-refractivity contribution in [1.29, 1.82) is 0 Å². The summed E-state index contributed by atoms with van der Waals surface area (Å²) in [4.78, 5) is 39.2. The Labute approximate surface area is 202 Å². The molecule has 5 aliphatic rings. The first-order valence-electron chi connectivity index (χ1n) is 13.5. The van der Waals surface area contributed by atoms with Crippen molar-refractivity contribution in [3.05, 3.63) is 0 Å². The minimum absolute atomic E-state index is 0.0535. The first-order valence-corrected chi connectivity index (χ1v) is 13.5. The summed E-state index contributed by atoms with van der Waals surface area (Å²) in [6, 6.07) is 0. The Morgan fingerprint density at radius 3 is 2.62 bits per heavy atom. The standard InChI is InChI=1S/C27H40O7/c1-5-27(13-16-12-19(27)18-9-7-8-17(16)18)34-24(28)15(4)21-22(26(30)33-25(21)29)23-14(3)10-11-20(32-23)31-6-2/h14-23H,5-13H2,1-4H3. The van der Waals surface area contributed by atoms with Crippen molar-refractivity contribution >= 4 is 17.9 Å². The van der Waals surface area contributed by atoms with E-state index in [2.05, 4.69) is 6.92 Å². The molecule has 0 radical (unpaired) electrons. The van der Waals surface area contributed by atoms with Crippen LogP contribution in [-0.2, 0) is 33.3 Å². The average Bonchev–Trinajstić information content (AvgIpc) is 3.55. The van der Waals surface area contributed by atoms with Gasteiger partial charge < -0.3 is 18.9 Å². The maximum atomic E-state index is 13.5. The summed E-state index contributed by atoms with van der Waals surface area (Å²) >= 11 is 0. The van der Waals surface area contributed by atoms with E-state index < -0.39 is 47.7 Å². The third kappa shape index (κ3) is 3.82. The molecule has 5 fully saturated rings. The highest BCUT2D eigenvalue weighted by atomic mass is 16.7. The molecular formula is C27H40O7. The molecule has 0 aromatic carbocycles. The number of ether oxygens (including phenoxy) is 4. The van der Waals surface area contributed by atoms with E-state index in [0.29, 0.717) is 24.4 Å². The lowest BCUT2D eigenvalue weighted by molar-refractivity contribution is -0.222. The van der Waals surface area contributed by atoms with E-state index in [1.54, 1.807) is 6.92 Å². The molecule has 0 N–H and O–H groups in total. The van der Waals surface area contributed by atoms with Crippen LogP contribution in [0.15, 0.2) is 0 Å². The number of rotatable bonds is 7. The van der Waals surface area contributed by atoms with Crippen molar-refractivity contribution in [3.63, 3.8) is 0 Å². The molecule has 7 nitrogen and oxygen atoms in total. The average molecular weight is 477 g/mol. The monoisotopic (exact) mass is 476 g/mol. The summed E-state index contributed by atoms with van der Waals surface area (Å²) in [6.07, 6.45) is 7.36. The van der Waals surface area contributed by atoms with Crippen LogP contribution in [0.3, 0.4) is 0 Å². The van der Waals surface area contributed by atoms with Gasteiger partial charge >= 0.3 is 17.9 Å². The summed E-state index contributed by atoms with van der Waals surface area (Å²) in [5.74, 6) is -1.49. The second-order valence-corrected chi connectivity index (χ2v) is 11.5. The molecule has 0 spiro atoms. The van der Waals surface area contributed by atoms with Gasteiger partial charge in [0.1, 0.15) is 5.60 Å². The smallest absolute Gasteiger partial charge is 0.320 e. The van der Waals surface area contributed by atoms with Crippen molar-refractivity contribution in [2.24, 2.45) is 47.3 Å². The molecule has 2 saturated heterocycles. The van der Waals surface area contributed by atoms with Crippen LogP contribution in [-0.4, -0.2) is 42.5 Å². The minimum atomic E-state index is -0.889. The number of hydrogen-bond donors (Lipinski definition) is 0. The predicted molar refractivity (Wildman–Crippen MR) is 122 cm³/mol. The number of cyclic esters (lactones) is 2. The first kappa shape index (κ1) is 24.2. The van der Waals surface area contributed by atoms with Gasteiger partial charge in [-0.1, -0.05) is 27.2 Å². The number of esters is 3. The molecular weight excluding hydrogens is 436 g/mol. The minimum Gasteiger partial charge on any atom is -0.459 e. The Balaban J connectivity index is 1.33. The molecule has 3 aliphatic carbocycles. The number of hydrogen-bond acceptors (Lipinski definition) is 7. The van der Waals surface area contributed by atoms with Crippen LogP contribution in [0, 0.1) is 47.3 Å². The lowest BCUT2D eigenvalue weighted by Crippen LogP contribution is -2.49. The van der Waals surface area contributed by atoms with Gasteiger partial charge in [-0.2, -0.15) is 0 Å².